The maximum absolute atomic E-state index is 11.7. The molecule has 7 heteroatoms. The van der Waals surface area contributed by atoms with Crippen molar-refractivity contribution < 1.29 is 17.9 Å². The first-order valence-electron chi connectivity index (χ1n) is 5.04. The maximum Gasteiger partial charge on any atom is 0.261 e. The number of nitrogens with one attached hydrogen (secondary N) is 1. The van der Waals surface area contributed by atoms with E-state index in [0.717, 1.165) is 6.54 Å². The molecule has 0 saturated heterocycles. The van der Waals surface area contributed by atoms with Crippen molar-refractivity contribution >= 4 is 0 Å². The SMILES string of the molecule is CNCCc1nnc(CCOCC(F)F)o1. The third kappa shape index (κ3) is 5.13. The Kier molecular flexibility index (Phi) is 5.87. The first kappa shape index (κ1) is 13.0. The lowest BCUT2D eigenvalue weighted by molar-refractivity contribution is 0.0173. The number of hydrogen-bond donors (Lipinski definition) is 1. The van der Waals surface area contributed by atoms with E-state index in [-0.39, 0.29) is 6.61 Å². The van der Waals surface area contributed by atoms with E-state index in [2.05, 4.69) is 15.5 Å². The van der Waals surface area contributed by atoms with E-state index in [1.54, 1.807) is 0 Å². The Morgan fingerprint density at radius 2 is 2.00 bits per heavy atom. The summed E-state index contributed by atoms with van der Waals surface area (Å²) in [6.45, 7) is 0.363. The molecule has 1 N–H and O–H groups in total. The van der Waals surface area contributed by atoms with Crippen molar-refractivity contribution in [3.63, 3.8) is 0 Å². The molecule has 0 aromatic carbocycles. The summed E-state index contributed by atoms with van der Waals surface area (Å²) in [7, 11) is 1.83. The molecule has 0 spiro atoms. The standard InChI is InChI=1S/C9H15F2N3O2/c1-12-4-2-8-13-14-9(16-8)3-5-15-6-7(10)11/h7,12H,2-6H2,1H3. The molecule has 0 aliphatic rings. The Hall–Kier alpha value is -1.08. The van der Waals surface area contributed by atoms with E-state index in [9.17, 15) is 8.78 Å². The highest BCUT2D eigenvalue weighted by molar-refractivity contribution is 4.82. The average molecular weight is 235 g/mol. The van der Waals surface area contributed by atoms with Crippen LogP contribution in [0.5, 0.6) is 0 Å². The number of rotatable bonds is 8. The van der Waals surface area contributed by atoms with Crippen molar-refractivity contribution in [2.75, 3.05) is 26.8 Å². The van der Waals surface area contributed by atoms with Gasteiger partial charge in [-0.25, -0.2) is 8.78 Å². The summed E-state index contributed by atoms with van der Waals surface area (Å²) in [6, 6.07) is 0. The molecule has 0 aliphatic heterocycles. The molecule has 0 atom stereocenters. The molecule has 16 heavy (non-hydrogen) atoms. The van der Waals surface area contributed by atoms with Crippen LogP contribution in [0.4, 0.5) is 8.78 Å². The Morgan fingerprint density at radius 1 is 1.31 bits per heavy atom. The summed E-state index contributed by atoms with van der Waals surface area (Å²) < 4.78 is 33.4. The first-order chi connectivity index (χ1) is 7.72. The van der Waals surface area contributed by atoms with Gasteiger partial charge in [-0.3, -0.25) is 0 Å². The van der Waals surface area contributed by atoms with Gasteiger partial charge in [-0.1, -0.05) is 0 Å². The van der Waals surface area contributed by atoms with Gasteiger partial charge in [0.05, 0.1) is 6.61 Å². The van der Waals surface area contributed by atoms with Crippen LogP contribution in [0.15, 0.2) is 4.42 Å². The number of hydrogen-bond acceptors (Lipinski definition) is 5. The fourth-order valence-electron chi connectivity index (χ4n) is 1.05. The average Bonchev–Trinajstić information content (AvgIpc) is 2.69. The zero-order valence-corrected chi connectivity index (χ0v) is 9.08. The lowest BCUT2D eigenvalue weighted by Gasteiger charge is -1.99. The highest BCUT2D eigenvalue weighted by atomic mass is 19.3. The molecule has 5 nitrogen and oxygen atoms in total. The minimum atomic E-state index is -2.44. The summed E-state index contributed by atoms with van der Waals surface area (Å²) in [5.41, 5.74) is 0. The molecular formula is C9H15F2N3O2. The van der Waals surface area contributed by atoms with Gasteiger partial charge in [-0.15, -0.1) is 10.2 Å². The van der Waals surface area contributed by atoms with E-state index >= 15 is 0 Å². The van der Waals surface area contributed by atoms with Crippen LogP contribution in [0.25, 0.3) is 0 Å². The van der Waals surface area contributed by atoms with E-state index in [1.165, 1.54) is 0 Å². The predicted octanol–water partition coefficient (Wildman–Crippen LogP) is 0.656. The zero-order chi connectivity index (χ0) is 11.8. The number of likely N-dealkylation sites (N-methyl/N-ethyl adjacent to an activating group) is 1. The fraction of sp³-hybridized carbons (Fsp3) is 0.778. The van der Waals surface area contributed by atoms with Crippen LogP contribution in [-0.2, 0) is 17.6 Å². The highest BCUT2D eigenvalue weighted by Gasteiger charge is 2.06. The smallest absolute Gasteiger partial charge is 0.261 e. The van der Waals surface area contributed by atoms with E-state index < -0.39 is 13.0 Å². The van der Waals surface area contributed by atoms with Gasteiger partial charge in [0.2, 0.25) is 11.8 Å². The summed E-state index contributed by atoms with van der Waals surface area (Å²) >= 11 is 0. The molecule has 1 rings (SSSR count). The summed E-state index contributed by atoms with van der Waals surface area (Å²) in [4.78, 5) is 0. The Labute approximate surface area is 92.2 Å². The minimum Gasteiger partial charge on any atom is -0.425 e. The summed E-state index contributed by atoms with van der Waals surface area (Å²) in [5.74, 6) is 0.957. The molecule has 1 aromatic heterocycles. The van der Waals surface area contributed by atoms with Crippen molar-refractivity contribution in [2.45, 2.75) is 19.3 Å². The van der Waals surface area contributed by atoms with Crippen LogP contribution in [0.1, 0.15) is 11.8 Å². The summed E-state index contributed by atoms with van der Waals surface area (Å²) in [5, 5.41) is 10.5. The van der Waals surface area contributed by atoms with Crippen molar-refractivity contribution in [2.24, 2.45) is 0 Å². The Balaban J connectivity index is 2.19. The molecule has 0 amide bonds. The normalized spacial score (nSPS) is 11.2. The highest BCUT2D eigenvalue weighted by Crippen LogP contribution is 2.02. The molecule has 92 valence electrons. The second-order valence-corrected chi connectivity index (χ2v) is 3.16. The Morgan fingerprint density at radius 3 is 2.62 bits per heavy atom. The van der Waals surface area contributed by atoms with Gasteiger partial charge < -0.3 is 14.5 Å². The van der Waals surface area contributed by atoms with Crippen LogP contribution >= 0.6 is 0 Å². The Bertz CT molecular complexity index is 294. The van der Waals surface area contributed by atoms with Gasteiger partial charge in [0.15, 0.2) is 0 Å². The van der Waals surface area contributed by atoms with Crippen LogP contribution in [-0.4, -0.2) is 43.4 Å². The topological polar surface area (TPSA) is 60.2 Å². The van der Waals surface area contributed by atoms with E-state index in [4.69, 9.17) is 9.15 Å². The van der Waals surface area contributed by atoms with Gasteiger partial charge in [0.1, 0.15) is 6.61 Å². The molecule has 0 radical (unpaired) electrons. The number of aromatic nitrogens is 2. The van der Waals surface area contributed by atoms with Crippen molar-refractivity contribution in [1.82, 2.24) is 15.5 Å². The molecule has 1 heterocycles. The molecule has 1 aromatic rings. The van der Waals surface area contributed by atoms with Gasteiger partial charge in [0.25, 0.3) is 6.43 Å². The first-order valence-corrected chi connectivity index (χ1v) is 5.04. The number of nitrogens with zero attached hydrogens (tertiary/aromatic N) is 2. The number of ether oxygens (including phenoxy) is 1. The fourth-order valence-corrected chi connectivity index (χ4v) is 1.05. The van der Waals surface area contributed by atoms with E-state index in [1.807, 2.05) is 7.05 Å². The monoisotopic (exact) mass is 235 g/mol. The lowest BCUT2D eigenvalue weighted by atomic mass is 10.4. The molecule has 0 bridgehead atoms. The number of halogens is 2. The van der Waals surface area contributed by atoms with Gasteiger partial charge in [-0.2, -0.15) is 0 Å². The second kappa shape index (κ2) is 7.24. The van der Waals surface area contributed by atoms with Crippen molar-refractivity contribution in [1.29, 1.82) is 0 Å². The third-order valence-corrected chi connectivity index (χ3v) is 1.80. The zero-order valence-electron chi connectivity index (χ0n) is 9.08. The van der Waals surface area contributed by atoms with Crippen LogP contribution in [0.3, 0.4) is 0 Å². The van der Waals surface area contributed by atoms with Crippen LogP contribution in [0, 0.1) is 0 Å². The van der Waals surface area contributed by atoms with Gasteiger partial charge in [-0.05, 0) is 7.05 Å². The summed E-state index contributed by atoms with van der Waals surface area (Å²) in [6.07, 6.45) is -1.42. The van der Waals surface area contributed by atoms with Crippen molar-refractivity contribution in [3.8, 4) is 0 Å². The quantitative estimate of drug-likeness (QED) is 0.670. The lowest BCUT2D eigenvalue weighted by Crippen LogP contribution is -2.10. The molecule has 0 fully saturated rings. The minimum absolute atomic E-state index is 0.165. The van der Waals surface area contributed by atoms with Gasteiger partial charge in [0, 0.05) is 19.4 Å². The van der Waals surface area contributed by atoms with Crippen LogP contribution < -0.4 is 5.32 Å². The maximum atomic E-state index is 11.7. The third-order valence-electron chi connectivity index (χ3n) is 1.80. The molecule has 0 unspecified atom stereocenters. The largest absolute Gasteiger partial charge is 0.425 e. The molecule has 0 saturated carbocycles. The van der Waals surface area contributed by atoms with Gasteiger partial charge >= 0.3 is 0 Å². The van der Waals surface area contributed by atoms with E-state index in [0.29, 0.717) is 24.6 Å². The number of alkyl halides is 2. The predicted molar refractivity (Wildman–Crippen MR) is 52.5 cm³/mol. The molecular weight excluding hydrogens is 220 g/mol. The second-order valence-electron chi connectivity index (χ2n) is 3.16. The van der Waals surface area contributed by atoms with Crippen molar-refractivity contribution in [3.05, 3.63) is 11.8 Å². The molecule has 0 aliphatic carbocycles. The van der Waals surface area contributed by atoms with Crippen LogP contribution in [0.2, 0.25) is 0 Å².